The Kier molecular flexibility index (Phi) is 8.78. The summed E-state index contributed by atoms with van der Waals surface area (Å²) in [4.78, 5) is 51.6. The molecule has 11 heteroatoms. The summed E-state index contributed by atoms with van der Waals surface area (Å²) in [5.41, 5.74) is -1.01. The monoisotopic (exact) mass is 443 g/mol. The van der Waals surface area contributed by atoms with Gasteiger partial charge in [0.15, 0.2) is 0 Å². The minimum atomic E-state index is -1.08. The van der Waals surface area contributed by atoms with E-state index in [9.17, 15) is 39.6 Å². The summed E-state index contributed by atoms with van der Waals surface area (Å²) < 4.78 is 0. The molecular weight excluding hydrogens is 410 g/mol. The molecule has 2 aliphatic rings. The molecule has 1 saturated carbocycles. The van der Waals surface area contributed by atoms with Gasteiger partial charge >= 0.3 is 23.9 Å². The smallest absolute Gasteiger partial charge is 0.317 e. The summed E-state index contributed by atoms with van der Waals surface area (Å²) >= 11 is 0. The van der Waals surface area contributed by atoms with Gasteiger partial charge in [-0.15, -0.1) is 0 Å². The molecular formula is C20H33N3O8. The van der Waals surface area contributed by atoms with Crippen LogP contribution < -0.4 is 0 Å². The Morgan fingerprint density at radius 1 is 0.839 bits per heavy atom. The van der Waals surface area contributed by atoms with Gasteiger partial charge in [0.1, 0.15) is 0 Å². The SMILES string of the molecule is CCN(CC(=O)O)C1(CCC(=O)O)CN(CC(=O)O)[C@H]2CCCC[C@@H]2N(CC(=O)O)C1. The number of fused-ring (bicyclic) bond motifs is 1. The molecule has 2 rings (SSSR count). The maximum atomic E-state index is 11.7. The second-order valence-corrected chi connectivity index (χ2v) is 8.54. The molecule has 0 spiro atoms. The lowest BCUT2D eigenvalue weighted by Crippen LogP contribution is -2.61. The summed E-state index contributed by atoms with van der Waals surface area (Å²) in [5.74, 6) is -4.16. The highest BCUT2D eigenvalue weighted by Crippen LogP contribution is 2.36. The fourth-order valence-electron chi connectivity index (χ4n) is 5.31. The summed E-state index contributed by atoms with van der Waals surface area (Å²) in [7, 11) is 0. The number of carbonyl (C=O) groups is 4. The molecule has 0 amide bonds. The van der Waals surface area contributed by atoms with Crippen LogP contribution in [0.3, 0.4) is 0 Å². The summed E-state index contributed by atoms with van der Waals surface area (Å²) in [6, 6.07) is -0.362. The normalized spacial score (nSPS) is 24.3. The maximum Gasteiger partial charge on any atom is 0.317 e. The first-order chi connectivity index (χ1) is 14.6. The molecule has 31 heavy (non-hydrogen) atoms. The van der Waals surface area contributed by atoms with Crippen LogP contribution in [0.2, 0.25) is 0 Å². The lowest BCUT2D eigenvalue weighted by atomic mass is 9.88. The van der Waals surface area contributed by atoms with Crippen LogP contribution >= 0.6 is 0 Å². The van der Waals surface area contributed by atoms with Crippen LogP contribution in [0.5, 0.6) is 0 Å². The van der Waals surface area contributed by atoms with Gasteiger partial charge in [0.2, 0.25) is 0 Å². The van der Waals surface area contributed by atoms with E-state index < -0.39 is 29.4 Å². The number of likely N-dealkylation sites (N-methyl/N-ethyl adjacent to an activating group) is 1. The van der Waals surface area contributed by atoms with E-state index in [0.717, 1.165) is 12.8 Å². The highest BCUT2D eigenvalue weighted by Gasteiger charge is 2.48. The molecule has 0 aromatic carbocycles. The molecule has 1 aliphatic carbocycles. The molecule has 0 aromatic rings. The third-order valence-corrected chi connectivity index (χ3v) is 6.49. The van der Waals surface area contributed by atoms with E-state index in [1.807, 2.05) is 0 Å². The first-order valence-electron chi connectivity index (χ1n) is 10.7. The van der Waals surface area contributed by atoms with Gasteiger partial charge in [-0.25, -0.2) is 0 Å². The maximum absolute atomic E-state index is 11.7. The van der Waals surface area contributed by atoms with Gasteiger partial charge in [-0.2, -0.15) is 0 Å². The lowest BCUT2D eigenvalue weighted by Gasteiger charge is -2.46. The highest BCUT2D eigenvalue weighted by molar-refractivity contribution is 5.70. The molecule has 4 N–H and O–H groups in total. The third kappa shape index (κ3) is 6.62. The van der Waals surface area contributed by atoms with Crippen molar-refractivity contribution >= 4 is 23.9 Å². The first-order valence-corrected chi connectivity index (χ1v) is 10.7. The second kappa shape index (κ2) is 10.9. The van der Waals surface area contributed by atoms with E-state index in [2.05, 4.69) is 0 Å². The molecule has 176 valence electrons. The Labute approximate surface area is 181 Å². The van der Waals surface area contributed by atoms with Crippen LogP contribution in [0, 0.1) is 0 Å². The Hall–Kier alpha value is -2.24. The lowest BCUT2D eigenvalue weighted by molar-refractivity contribution is -0.144. The van der Waals surface area contributed by atoms with Gasteiger partial charge in [0, 0.05) is 37.1 Å². The van der Waals surface area contributed by atoms with Gasteiger partial charge in [-0.1, -0.05) is 19.8 Å². The Morgan fingerprint density at radius 3 is 1.68 bits per heavy atom. The fourth-order valence-corrected chi connectivity index (χ4v) is 5.31. The van der Waals surface area contributed by atoms with Gasteiger partial charge < -0.3 is 20.4 Å². The summed E-state index contributed by atoms with van der Waals surface area (Å²) in [5, 5.41) is 37.9. The van der Waals surface area contributed by atoms with Gasteiger partial charge in [-0.05, 0) is 25.8 Å². The molecule has 1 aliphatic heterocycles. The number of aliphatic carboxylic acids is 4. The zero-order chi connectivity index (χ0) is 23.2. The number of rotatable bonds is 11. The topological polar surface area (TPSA) is 159 Å². The zero-order valence-corrected chi connectivity index (χ0v) is 17.9. The van der Waals surface area contributed by atoms with Crippen molar-refractivity contribution in [3.05, 3.63) is 0 Å². The predicted octanol–water partition coefficient (Wildman–Crippen LogP) is 0.0945. The van der Waals surface area contributed by atoms with Crippen molar-refractivity contribution in [1.82, 2.24) is 14.7 Å². The number of hydrogen-bond donors (Lipinski definition) is 4. The molecule has 1 heterocycles. The fraction of sp³-hybridized carbons (Fsp3) is 0.800. The molecule has 0 radical (unpaired) electrons. The van der Waals surface area contributed by atoms with Gasteiger partial charge in [0.25, 0.3) is 0 Å². The van der Waals surface area contributed by atoms with Crippen molar-refractivity contribution < 1.29 is 39.6 Å². The first kappa shape index (κ1) is 25.0. The highest BCUT2D eigenvalue weighted by atomic mass is 16.4. The van der Waals surface area contributed by atoms with Crippen molar-refractivity contribution in [3.8, 4) is 0 Å². The molecule has 11 nitrogen and oxygen atoms in total. The Bertz CT molecular complexity index is 651. The molecule has 1 saturated heterocycles. The van der Waals surface area contributed by atoms with E-state index in [4.69, 9.17) is 0 Å². The Balaban J connectivity index is 2.56. The van der Waals surface area contributed by atoms with E-state index in [-0.39, 0.29) is 57.6 Å². The number of carboxylic acids is 4. The predicted molar refractivity (Wildman–Crippen MR) is 109 cm³/mol. The molecule has 0 bridgehead atoms. The van der Waals surface area contributed by atoms with Crippen molar-refractivity contribution in [2.75, 3.05) is 39.3 Å². The third-order valence-electron chi connectivity index (χ3n) is 6.49. The second-order valence-electron chi connectivity index (χ2n) is 8.54. The average molecular weight is 443 g/mol. The molecule has 0 aromatic heterocycles. The largest absolute Gasteiger partial charge is 0.481 e. The number of hydrogen-bond acceptors (Lipinski definition) is 7. The van der Waals surface area contributed by atoms with Crippen LogP contribution in [0.25, 0.3) is 0 Å². The van der Waals surface area contributed by atoms with E-state index in [0.29, 0.717) is 19.4 Å². The van der Waals surface area contributed by atoms with Crippen LogP contribution in [0.4, 0.5) is 0 Å². The van der Waals surface area contributed by atoms with Crippen LogP contribution in [0.1, 0.15) is 45.4 Å². The minimum absolute atomic E-state index is 0.0924. The van der Waals surface area contributed by atoms with Crippen LogP contribution in [0.15, 0.2) is 0 Å². The summed E-state index contributed by atoms with van der Waals surface area (Å²) in [6.45, 7) is 1.56. The van der Waals surface area contributed by atoms with Crippen LogP contribution in [-0.2, 0) is 19.2 Å². The minimum Gasteiger partial charge on any atom is -0.481 e. The van der Waals surface area contributed by atoms with Crippen molar-refractivity contribution in [2.45, 2.75) is 63.1 Å². The zero-order valence-electron chi connectivity index (χ0n) is 17.9. The molecule has 0 unspecified atom stereocenters. The number of nitrogens with zero attached hydrogens (tertiary/aromatic N) is 3. The van der Waals surface area contributed by atoms with E-state index in [1.165, 1.54) is 0 Å². The van der Waals surface area contributed by atoms with Crippen molar-refractivity contribution in [1.29, 1.82) is 0 Å². The molecule has 2 atom stereocenters. The number of carboxylic acid groups (broad SMARTS) is 4. The van der Waals surface area contributed by atoms with E-state index >= 15 is 0 Å². The Morgan fingerprint density at radius 2 is 1.32 bits per heavy atom. The van der Waals surface area contributed by atoms with E-state index in [1.54, 1.807) is 21.6 Å². The van der Waals surface area contributed by atoms with Gasteiger partial charge in [-0.3, -0.25) is 33.9 Å². The van der Waals surface area contributed by atoms with Crippen molar-refractivity contribution in [2.24, 2.45) is 0 Å². The average Bonchev–Trinajstić information content (AvgIpc) is 2.80. The standard InChI is InChI=1S/C20H33N3O8/c1-2-23(11-19(30)31)20(8-7-16(24)25)12-21(9-17(26)27)14-5-3-4-6-15(14)22(13-20)10-18(28)29/h14-15H,2-13H2,1H3,(H,24,25)(H,26,27)(H,28,29)(H,30,31)/t14-,15-/m0/s1. The quantitative estimate of drug-likeness (QED) is 0.343. The summed E-state index contributed by atoms with van der Waals surface area (Å²) in [6.07, 6.45) is 3.09. The van der Waals surface area contributed by atoms with Crippen molar-refractivity contribution in [3.63, 3.8) is 0 Å². The molecule has 2 fully saturated rings. The van der Waals surface area contributed by atoms with Crippen LogP contribution in [-0.4, -0.2) is 116 Å². The van der Waals surface area contributed by atoms with Gasteiger partial charge in [0.05, 0.1) is 19.6 Å².